The summed E-state index contributed by atoms with van der Waals surface area (Å²) >= 11 is 0. The lowest BCUT2D eigenvalue weighted by molar-refractivity contribution is -0.153. The van der Waals surface area contributed by atoms with Crippen molar-refractivity contribution in [3.05, 3.63) is 97.1 Å². The zero-order chi connectivity index (χ0) is 47.9. The summed E-state index contributed by atoms with van der Waals surface area (Å²) in [5.41, 5.74) is 2.32. The Morgan fingerprint density at radius 1 is 0.594 bits per heavy atom. The quantitative estimate of drug-likeness (QED) is 0.0747. The Morgan fingerprint density at radius 2 is 1.00 bits per heavy atom. The second-order valence-electron chi connectivity index (χ2n) is 15.7. The van der Waals surface area contributed by atoms with Crippen LogP contribution < -0.4 is 21.3 Å². The smallest absolute Gasteiger partial charge is 0.347 e. The first-order chi connectivity index (χ1) is 33.4. The molecule has 0 aliphatic carbocycles. The van der Waals surface area contributed by atoms with Gasteiger partial charge in [0.05, 0.1) is 25.9 Å². The summed E-state index contributed by atoms with van der Waals surface area (Å²) < 4.78 is 83.1. The first-order valence-electron chi connectivity index (χ1n) is 21.5. The van der Waals surface area contributed by atoms with Gasteiger partial charge in [0.1, 0.15) is 49.3 Å². The van der Waals surface area contributed by atoms with Crippen LogP contribution >= 0.6 is 15.6 Å². The maximum Gasteiger partial charge on any atom is 0.481 e. The van der Waals surface area contributed by atoms with E-state index in [1.807, 2.05) is 12.1 Å². The van der Waals surface area contributed by atoms with Crippen LogP contribution in [0.1, 0.15) is 50.0 Å². The van der Waals surface area contributed by atoms with E-state index < -0.39 is 103 Å². The summed E-state index contributed by atoms with van der Waals surface area (Å²) in [5.74, 6) is 0.255. The van der Waals surface area contributed by atoms with Gasteiger partial charge in [0.2, 0.25) is 0 Å². The third-order valence-corrected chi connectivity index (χ3v) is 13.9. The molecule has 4 saturated heterocycles. The Balaban J connectivity index is 0.832. The summed E-state index contributed by atoms with van der Waals surface area (Å²) in [7, 11) is -10.8. The van der Waals surface area contributed by atoms with Crippen LogP contribution in [0.2, 0.25) is 0 Å². The number of carbonyl (C=O) groups is 2. The lowest BCUT2D eigenvalue weighted by Gasteiger charge is -2.23. The van der Waals surface area contributed by atoms with Crippen molar-refractivity contribution in [3.63, 3.8) is 0 Å². The SMILES string of the molecule is CCNC(=O)Nc1ncnc2c1ncn2[C@@H]1O[C@H](COP(=O)(O)OP(=O)(O)OC[C@H]2O[C@@H](n3cnc4c(NC(=O)NCC)ncnc43)C3OC(c4ccccc4)O[C@H]32)C2OC(c3ccccc3)OC21. The van der Waals surface area contributed by atoms with Gasteiger partial charge in [-0.3, -0.25) is 28.8 Å². The van der Waals surface area contributed by atoms with E-state index in [9.17, 15) is 28.5 Å². The number of carbonyl (C=O) groups excluding carboxylic acids is 2. The van der Waals surface area contributed by atoms with Gasteiger partial charge in [-0.25, -0.2) is 48.6 Å². The Hall–Kier alpha value is -5.90. The molecule has 4 amide bonds. The number of fused-ring (bicyclic) bond motifs is 4. The summed E-state index contributed by atoms with van der Waals surface area (Å²) in [6, 6.07) is 17.0. The Bertz CT molecular complexity index is 2730. The van der Waals surface area contributed by atoms with Gasteiger partial charge in [-0.15, -0.1) is 0 Å². The number of nitrogens with one attached hydrogen (secondary N) is 4. The van der Waals surface area contributed by atoms with Gasteiger partial charge in [0.25, 0.3) is 0 Å². The topological polar surface area (TPSA) is 327 Å². The zero-order valence-corrected chi connectivity index (χ0v) is 38.1. The lowest BCUT2D eigenvalue weighted by atomic mass is 10.1. The molecule has 10 rings (SSSR count). The molecule has 12 atom stereocenters. The number of rotatable bonds is 16. The van der Waals surface area contributed by atoms with Crippen molar-refractivity contribution in [1.29, 1.82) is 0 Å². The number of amides is 4. The second kappa shape index (κ2) is 19.5. The molecule has 4 fully saturated rings. The predicted molar refractivity (Wildman–Crippen MR) is 234 cm³/mol. The van der Waals surface area contributed by atoms with E-state index in [1.54, 1.807) is 62.4 Å². The molecule has 69 heavy (non-hydrogen) atoms. The van der Waals surface area contributed by atoms with Gasteiger partial charge < -0.3 is 48.8 Å². The fraction of sp³-hybridized carbons (Fsp3) is 0.400. The van der Waals surface area contributed by atoms with Crippen molar-refractivity contribution in [3.8, 4) is 0 Å². The molecular weight excluding hydrogens is 950 g/mol. The molecule has 4 aromatic heterocycles. The minimum atomic E-state index is -5.41. The minimum Gasteiger partial charge on any atom is -0.347 e. The molecule has 8 heterocycles. The average molecular weight is 995 g/mol. The van der Waals surface area contributed by atoms with E-state index in [0.717, 1.165) is 0 Å². The van der Waals surface area contributed by atoms with Gasteiger partial charge in [0.15, 0.2) is 59.0 Å². The van der Waals surface area contributed by atoms with Crippen molar-refractivity contribution in [2.75, 3.05) is 36.9 Å². The highest BCUT2D eigenvalue weighted by Crippen LogP contribution is 2.61. The first kappa shape index (κ1) is 46.8. The first-order valence-corrected chi connectivity index (χ1v) is 24.5. The largest absolute Gasteiger partial charge is 0.481 e. The van der Waals surface area contributed by atoms with Crippen LogP contribution in [-0.4, -0.2) is 124 Å². The highest BCUT2D eigenvalue weighted by molar-refractivity contribution is 7.61. The number of phosphoric acid groups is 2. The molecule has 0 bridgehead atoms. The normalized spacial score (nSPS) is 27.9. The molecule has 0 spiro atoms. The molecule has 4 aliphatic rings. The number of nitrogens with zero attached hydrogens (tertiary/aromatic N) is 8. The number of phosphoric ester groups is 2. The van der Waals surface area contributed by atoms with Gasteiger partial charge in [-0.2, -0.15) is 4.31 Å². The number of urea groups is 2. The fourth-order valence-corrected chi connectivity index (χ4v) is 10.4. The number of ether oxygens (including phenoxy) is 6. The highest BCUT2D eigenvalue weighted by Gasteiger charge is 2.56. The van der Waals surface area contributed by atoms with Gasteiger partial charge in [-0.05, 0) is 13.8 Å². The molecule has 364 valence electrons. The Kier molecular flexibility index (Phi) is 13.2. The lowest BCUT2D eigenvalue weighted by Crippen LogP contribution is -2.32. The van der Waals surface area contributed by atoms with E-state index in [1.165, 1.54) is 34.4 Å². The molecule has 6 aromatic rings. The third kappa shape index (κ3) is 9.70. The number of hydrogen-bond donors (Lipinski definition) is 6. The van der Waals surface area contributed by atoms with E-state index in [2.05, 4.69) is 51.2 Å². The van der Waals surface area contributed by atoms with Gasteiger partial charge >= 0.3 is 27.7 Å². The highest BCUT2D eigenvalue weighted by atomic mass is 31.3. The monoisotopic (exact) mass is 994 g/mol. The summed E-state index contributed by atoms with van der Waals surface area (Å²) in [6.45, 7) is 2.86. The Labute approximate surface area is 390 Å². The van der Waals surface area contributed by atoms with E-state index in [4.69, 9.17) is 41.8 Å². The maximum atomic E-state index is 13.4. The van der Waals surface area contributed by atoms with Crippen LogP contribution in [0.3, 0.4) is 0 Å². The van der Waals surface area contributed by atoms with Crippen LogP contribution in [0.5, 0.6) is 0 Å². The minimum absolute atomic E-state index is 0.127. The van der Waals surface area contributed by atoms with Crippen molar-refractivity contribution >= 4 is 61.7 Å². The zero-order valence-electron chi connectivity index (χ0n) is 36.4. The van der Waals surface area contributed by atoms with E-state index >= 15 is 0 Å². The van der Waals surface area contributed by atoms with E-state index in [0.29, 0.717) is 24.2 Å². The van der Waals surface area contributed by atoms with Crippen molar-refractivity contribution < 1.29 is 70.3 Å². The number of anilines is 2. The van der Waals surface area contributed by atoms with Crippen molar-refractivity contribution in [2.45, 2.75) is 75.5 Å². The summed E-state index contributed by atoms with van der Waals surface area (Å²) in [6.07, 6.45) is -4.39. The summed E-state index contributed by atoms with van der Waals surface area (Å²) in [5, 5.41) is 10.5. The number of benzene rings is 2. The molecule has 7 unspecified atom stereocenters. The van der Waals surface area contributed by atoms with Gasteiger partial charge in [0, 0.05) is 24.2 Å². The number of hydrogen-bond acceptors (Lipinski definition) is 19. The number of imidazole rings is 2. The van der Waals surface area contributed by atoms with Crippen molar-refractivity contribution in [2.24, 2.45) is 0 Å². The second-order valence-corrected chi connectivity index (χ2v) is 18.7. The van der Waals surface area contributed by atoms with Crippen LogP contribution in [-0.2, 0) is 50.9 Å². The van der Waals surface area contributed by atoms with Crippen LogP contribution in [0.15, 0.2) is 86.0 Å². The predicted octanol–water partition coefficient (Wildman–Crippen LogP) is 3.96. The van der Waals surface area contributed by atoms with Crippen LogP contribution in [0.4, 0.5) is 21.2 Å². The third-order valence-electron chi connectivity index (χ3n) is 11.3. The Morgan fingerprint density at radius 3 is 1.41 bits per heavy atom. The van der Waals surface area contributed by atoms with Crippen molar-refractivity contribution in [1.82, 2.24) is 49.7 Å². The number of aromatic nitrogens is 8. The molecule has 0 radical (unpaired) electrons. The molecule has 29 heteroatoms. The van der Waals surface area contributed by atoms with Gasteiger partial charge in [-0.1, -0.05) is 60.7 Å². The molecular formula is C40H44N12O15P2. The average Bonchev–Trinajstić information content (AvgIpc) is 4.20. The van der Waals surface area contributed by atoms with Crippen LogP contribution in [0.25, 0.3) is 22.3 Å². The van der Waals surface area contributed by atoms with Crippen LogP contribution in [0, 0.1) is 0 Å². The molecule has 0 saturated carbocycles. The van der Waals surface area contributed by atoms with E-state index in [-0.39, 0.29) is 34.0 Å². The fourth-order valence-electron chi connectivity index (χ4n) is 8.32. The summed E-state index contributed by atoms with van der Waals surface area (Å²) in [4.78, 5) is 72.2. The standard InChI is InChI=1S/C40H44N12O15P2/c1-3-41-39(53)49-31-25-33(45-17-43-31)51(19-47-25)35-29-27(63-37(65-29)21-11-7-5-8-12-21)23(61-35)15-59-68(55,56)67-69(57,58)60-16-24-28-30(66-38(64-28)22-13-9-6-10-14-22)36(62-24)52-20-48-26-32(44-18-46-34(26)52)50-40(54)42-4-2/h5-14,17-20,23-24,27-30,35-38H,3-4,15-16H2,1-2H3,(H,55,56)(H,57,58)(H2,41,43,45,49,53)(H2,42,44,46,50,54)/t23-,24-,27+,28?,29?,30?,35-,36-,37?,38?/m1/s1. The molecule has 6 N–H and O–H groups in total. The molecule has 2 aromatic carbocycles. The maximum absolute atomic E-state index is 13.4. The molecule has 4 aliphatic heterocycles. The molecule has 27 nitrogen and oxygen atoms in total.